The lowest BCUT2D eigenvalue weighted by molar-refractivity contribution is -0.129. The predicted molar refractivity (Wildman–Crippen MR) is 101 cm³/mol. The van der Waals surface area contributed by atoms with Crippen molar-refractivity contribution in [3.8, 4) is 5.75 Å². The number of thiophene rings is 1. The van der Waals surface area contributed by atoms with Gasteiger partial charge in [0.15, 0.2) is 6.10 Å². The Morgan fingerprint density at radius 3 is 2.77 bits per heavy atom. The monoisotopic (exact) mass is 373 g/mol. The van der Waals surface area contributed by atoms with Gasteiger partial charge in [-0.1, -0.05) is 18.2 Å². The molecule has 0 aliphatic heterocycles. The van der Waals surface area contributed by atoms with E-state index < -0.39 is 12.1 Å². The lowest BCUT2D eigenvalue weighted by Gasteiger charge is -2.14. The van der Waals surface area contributed by atoms with Crippen LogP contribution in [0.5, 0.6) is 5.75 Å². The highest BCUT2D eigenvalue weighted by molar-refractivity contribution is 7.14. The largest absolute Gasteiger partial charge is 0.496 e. The highest BCUT2D eigenvalue weighted by Crippen LogP contribution is 2.30. The minimum atomic E-state index is -0.851. The first-order valence-corrected chi connectivity index (χ1v) is 9.62. The Bertz CT molecular complexity index is 775. The maximum Gasteiger partial charge on any atom is 0.349 e. The molecule has 6 heteroatoms. The molecule has 0 radical (unpaired) electrons. The molecule has 1 amide bonds. The quantitative estimate of drug-likeness (QED) is 0.787. The Labute approximate surface area is 157 Å². The zero-order valence-corrected chi connectivity index (χ0v) is 15.9. The van der Waals surface area contributed by atoms with Crippen molar-refractivity contribution < 1.29 is 19.1 Å². The van der Waals surface area contributed by atoms with Gasteiger partial charge in [0.05, 0.1) is 7.11 Å². The lowest BCUT2D eigenvalue weighted by atomic mass is 9.99. The summed E-state index contributed by atoms with van der Waals surface area (Å²) >= 11 is 1.49. The number of carbonyl (C=O) groups excluding carboxylic acids is 2. The van der Waals surface area contributed by atoms with Gasteiger partial charge in [0.1, 0.15) is 10.6 Å². The normalized spacial score (nSPS) is 14.2. The number of aryl methyl sites for hydroxylation is 2. The third kappa shape index (κ3) is 4.25. The molecular weight excluding hydrogens is 350 g/mol. The molecule has 1 aliphatic carbocycles. The van der Waals surface area contributed by atoms with Crippen molar-refractivity contribution in [3.63, 3.8) is 0 Å². The molecule has 26 heavy (non-hydrogen) atoms. The van der Waals surface area contributed by atoms with Gasteiger partial charge in [0, 0.05) is 17.0 Å². The molecule has 0 saturated heterocycles. The molecule has 138 valence electrons. The predicted octanol–water partition coefficient (Wildman–Crippen LogP) is 3.50. The van der Waals surface area contributed by atoms with Gasteiger partial charge in [-0.3, -0.25) is 4.79 Å². The van der Waals surface area contributed by atoms with E-state index in [2.05, 4.69) is 5.32 Å². The number of methoxy groups -OCH3 is 1. The molecule has 0 saturated carbocycles. The fourth-order valence-corrected chi connectivity index (χ4v) is 4.18. The van der Waals surface area contributed by atoms with Crippen LogP contribution >= 0.6 is 11.3 Å². The number of benzene rings is 1. The van der Waals surface area contributed by atoms with Crippen molar-refractivity contribution in [1.29, 1.82) is 0 Å². The van der Waals surface area contributed by atoms with Crippen LogP contribution in [-0.4, -0.2) is 25.1 Å². The first-order valence-electron chi connectivity index (χ1n) is 8.80. The topological polar surface area (TPSA) is 64.6 Å². The smallest absolute Gasteiger partial charge is 0.349 e. The first kappa shape index (κ1) is 18.5. The highest BCUT2D eigenvalue weighted by atomic mass is 32.1. The second kappa shape index (κ2) is 8.36. The molecule has 2 aromatic rings. The number of nitrogens with one attached hydrogen (secondary N) is 1. The minimum Gasteiger partial charge on any atom is -0.496 e. The van der Waals surface area contributed by atoms with Crippen LogP contribution < -0.4 is 10.1 Å². The zero-order chi connectivity index (χ0) is 18.5. The third-order valence-corrected chi connectivity index (χ3v) is 5.71. The molecule has 1 atom stereocenters. The molecule has 1 N–H and O–H groups in total. The summed E-state index contributed by atoms with van der Waals surface area (Å²) in [5.74, 6) is -0.0449. The SMILES string of the molecule is COc1ccccc1CNC(=O)[C@@H](C)OC(=O)c1cc2c(s1)CCCC2. The summed E-state index contributed by atoms with van der Waals surface area (Å²) in [6, 6.07) is 9.39. The van der Waals surface area contributed by atoms with Gasteiger partial charge >= 0.3 is 5.97 Å². The van der Waals surface area contributed by atoms with Crippen LogP contribution in [-0.2, 0) is 28.9 Å². The second-order valence-corrected chi connectivity index (χ2v) is 7.48. The molecule has 3 rings (SSSR count). The molecule has 5 nitrogen and oxygen atoms in total. The van der Waals surface area contributed by atoms with Gasteiger partial charge in [-0.2, -0.15) is 0 Å². The third-order valence-electron chi connectivity index (χ3n) is 4.50. The molecule has 1 aromatic carbocycles. The Kier molecular flexibility index (Phi) is 5.93. The summed E-state index contributed by atoms with van der Waals surface area (Å²) < 4.78 is 10.6. The van der Waals surface area contributed by atoms with Gasteiger partial charge in [-0.25, -0.2) is 4.79 Å². The summed E-state index contributed by atoms with van der Waals surface area (Å²) in [5, 5.41) is 2.79. The second-order valence-electron chi connectivity index (χ2n) is 6.34. The van der Waals surface area contributed by atoms with Gasteiger partial charge < -0.3 is 14.8 Å². The molecule has 1 heterocycles. The van der Waals surface area contributed by atoms with Crippen molar-refractivity contribution in [3.05, 3.63) is 51.2 Å². The number of fused-ring (bicyclic) bond motifs is 1. The number of hydrogen-bond acceptors (Lipinski definition) is 5. The minimum absolute atomic E-state index is 0.317. The number of amides is 1. The summed E-state index contributed by atoms with van der Waals surface area (Å²) in [4.78, 5) is 26.5. The molecule has 0 spiro atoms. The Morgan fingerprint density at radius 1 is 1.23 bits per heavy atom. The summed E-state index contributed by atoms with van der Waals surface area (Å²) in [6.45, 7) is 1.90. The van der Waals surface area contributed by atoms with Crippen molar-refractivity contribution >= 4 is 23.2 Å². The lowest BCUT2D eigenvalue weighted by Crippen LogP contribution is -2.35. The number of ether oxygens (including phenoxy) is 2. The van der Waals surface area contributed by atoms with E-state index in [0.29, 0.717) is 17.2 Å². The van der Waals surface area contributed by atoms with E-state index in [1.54, 1.807) is 14.0 Å². The van der Waals surface area contributed by atoms with Crippen LogP contribution in [0.2, 0.25) is 0 Å². The van der Waals surface area contributed by atoms with Crippen LogP contribution in [0, 0.1) is 0 Å². The summed E-state index contributed by atoms with van der Waals surface area (Å²) in [5.41, 5.74) is 2.12. The van der Waals surface area contributed by atoms with Crippen molar-refractivity contribution in [2.24, 2.45) is 0 Å². The Balaban J connectivity index is 1.55. The number of hydrogen-bond donors (Lipinski definition) is 1. The number of carbonyl (C=O) groups is 2. The molecule has 0 bridgehead atoms. The fourth-order valence-electron chi connectivity index (χ4n) is 3.04. The van der Waals surface area contributed by atoms with Gasteiger partial charge in [0.25, 0.3) is 5.91 Å². The first-order chi connectivity index (χ1) is 12.6. The van der Waals surface area contributed by atoms with Crippen molar-refractivity contribution in [2.75, 3.05) is 7.11 Å². The Morgan fingerprint density at radius 2 is 2.00 bits per heavy atom. The van der Waals surface area contributed by atoms with E-state index in [9.17, 15) is 9.59 Å². The molecule has 0 fully saturated rings. The van der Waals surface area contributed by atoms with Crippen LogP contribution in [0.25, 0.3) is 0 Å². The van der Waals surface area contributed by atoms with Gasteiger partial charge in [-0.05, 0) is 50.3 Å². The molecule has 1 aromatic heterocycles. The van der Waals surface area contributed by atoms with Crippen LogP contribution in [0.4, 0.5) is 0 Å². The van der Waals surface area contributed by atoms with Crippen LogP contribution in [0.3, 0.4) is 0 Å². The number of para-hydroxylation sites is 1. The van der Waals surface area contributed by atoms with E-state index in [1.807, 2.05) is 30.3 Å². The molecular formula is C20H23NO4S. The van der Waals surface area contributed by atoms with Crippen molar-refractivity contribution in [1.82, 2.24) is 5.32 Å². The van der Waals surface area contributed by atoms with E-state index in [-0.39, 0.29) is 5.91 Å². The zero-order valence-electron chi connectivity index (χ0n) is 15.0. The average Bonchev–Trinajstić information content (AvgIpc) is 3.10. The number of esters is 1. The maximum atomic E-state index is 12.3. The van der Waals surface area contributed by atoms with Crippen LogP contribution in [0.1, 0.15) is 45.4 Å². The van der Waals surface area contributed by atoms with Crippen LogP contribution in [0.15, 0.2) is 30.3 Å². The Hall–Kier alpha value is -2.34. The van der Waals surface area contributed by atoms with Gasteiger partial charge in [-0.15, -0.1) is 11.3 Å². The average molecular weight is 373 g/mol. The van der Waals surface area contributed by atoms with E-state index in [0.717, 1.165) is 18.4 Å². The molecule has 1 aliphatic rings. The highest BCUT2D eigenvalue weighted by Gasteiger charge is 2.22. The maximum absolute atomic E-state index is 12.3. The summed E-state index contributed by atoms with van der Waals surface area (Å²) in [6.07, 6.45) is 3.54. The standard InChI is InChI=1S/C20H23NO4S/c1-13(19(22)21-12-15-8-3-5-9-16(15)24-2)25-20(23)18-11-14-7-4-6-10-17(14)26-18/h3,5,8-9,11,13H,4,6-7,10,12H2,1-2H3,(H,21,22)/t13-/m1/s1. The fraction of sp³-hybridized carbons (Fsp3) is 0.400. The van der Waals surface area contributed by atoms with Crippen molar-refractivity contribution in [2.45, 2.75) is 45.3 Å². The molecule has 0 unspecified atom stereocenters. The number of rotatable bonds is 6. The van der Waals surface area contributed by atoms with E-state index in [1.165, 1.54) is 34.6 Å². The van der Waals surface area contributed by atoms with E-state index in [4.69, 9.17) is 9.47 Å². The van der Waals surface area contributed by atoms with E-state index >= 15 is 0 Å². The summed E-state index contributed by atoms with van der Waals surface area (Å²) in [7, 11) is 1.59. The van der Waals surface area contributed by atoms with Gasteiger partial charge in [0.2, 0.25) is 0 Å².